The van der Waals surface area contributed by atoms with Gasteiger partial charge in [0.05, 0.1) is 40.2 Å². The number of carbonyl (C=O) groups excluding carboxylic acids is 1. The zero-order chi connectivity index (χ0) is 20.4. The average molecular weight is 407 g/mol. The number of esters is 1. The molecule has 6 nitrogen and oxygen atoms in total. The number of pyridine rings is 1. The van der Waals surface area contributed by atoms with Gasteiger partial charge in [0, 0.05) is 11.1 Å². The highest BCUT2D eigenvalue weighted by Gasteiger charge is 2.12. The van der Waals surface area contributed by atoms with Gasteiger partial charge in [0.1, 0.15) is 5.75 Å². The number of rotatable bonds is 6. The van der Waals surface area contributed by atoms with Gasteiger partial charge in [-0.15, -0.1) is 0 Å². The van der Waals surface area contributed by atoms with Crippen molar-refractivity contribution in [3.8, 4) is 5.75 Å². The third kappa shape index (κ3) is 4.00. The Bertz CT molecular complexity index is 1200. The van der Waals surface area contributed by atoms with Gasteiger partial charge in [-0.1, -0.05) is 11.3 Å². The number of aryl methyl sites for hydroxylation is 1. The number of nitrogens with zero attached hydrogens (tertiary/aromatic N) is 2. The van der Waals surface area contributed by atoms with E-state index in [4.69, 9.17) is 9.47 Å². The average Bonchev–Trinajstić information content (AvgIpc) is 3.10. The van der Waals surface area contributed by atoms with Crippen molar-refractivity contribution in [2.45, 2.75) is 20.8 Å². The number of fused-ring (bicyclic) bond motifs is 2. The van der Waals surface area contributed by atoms with Crippen LogP contribution in [-0.2, 0) is 4.74 Å². The topological polar surface area (TPSA) is 73.3 Å². The Morgan fingerprint density at radius 1 is 1.03 bits per heavy atom. The molecular weight excluding hydrogens is 386 g/mol. The van der Waals surface area contributed by atoms with E-state index < -0.39 is 0 Å². The molecule has 0 saturated heterocycles. The van der Waals surface area contributed by atoms with E-state index in [1.165, 1.54) is 11.3 Å². The van der Waals surface area contributed by atoms with Crippen molar-refractivity contribution in [3.63, 3.8) is 0 Å². The molecule has 2 heterocycles. The summed E-state index contributed by atoms with van der Waals surface area (Å²) >= 11 is 1.49. The van der Waals surface area contributed by atoms with Crippen LogP contribution in [-0.4, -0.2) is 29.2 Å². The Labute approximate surface area is 172 Å². The van der Waals surface area contributed by atoms with Crippen LogP contribution in [0.3, 0.4) is 0 Å². The lowest BCUT2D eigenvalue weighted by Gasteiger charge is -2.10. The molecular formula is C22H21N3O3S. The molecule has 29 heavy (non-hydrogen) atoms. The molecule has 4 aromatic rings. The van der Waals surface area contributed by atoms with Gasteiger partial charge in [0.2, 0.25) is 0 Å². The van der Waals surface area contributed by atoms with E-state index in [9.17, 15) is 4.79 Å². The molecule has 1 N–H and O–H groups in total. The first-order valence-corrected chi connectivity index (χ1v) is 10.3. The fraction of sp³-hybridized carbons (Fsp3) is 0.227. The largest absolute Gasteiger partial charge is 0.494 e. The SMILES string of the molecule is CCOC(=O)c1ccc2nc(Nc3cc(C)nc4ccc(OCC)cc34)sc2c1. The normalized spacial score (nSPS) is 11.0. The van der Waals surface area contributed by atoms with Gasteiger partial charge in [0.25, 0.3) is 0 Å². The minimum atomic E-state index is -0.323. The highest BCUT2D eigenvalue weighted by molar-refractivity contribution is 7.22. The van der Waals surface area contributed by atoms with E-state index in [0.29, 0.717) is 18.8 Å². The molecule has 0 fully saturated rings. The predicted molar refractivity (Wildman–Crippen MR) is 117 cm³/mol. The first kappa shape index (κ1) is 19.1. The molecule has 7 heteroatoms. The number of carbonyl (C=O) groups is 1. The summed E-state index contributed by atoms with van der Waals surface area (Å²) in [5.41, 5.74) is 4.08. The molecule has 0 saturated carbocycles. The summed E-state index contributed by atoms with van der Waals surface area (Å²) in [6, 6.07) is 13.3. The zero-order valence-corrected chi connectivity index (χ0v) is 17.3. The van der Waals surface area contributed by atoms with Crippen molar-refractivity contribution in [1.29, 1.82) is 0 Å². The van der Waals surface area contributed by atoms with Gasteiger partial charge >= 0.3 is 5.97 Å². The molecule has 2 aromatic heterocycles. The third-order valence-electron chi connectivity index (χ3n) is 4.36. The molecule has 2 aromatic carbocycles. The molecule has 0 unspecified atom stereocenters. The Hall–Kier alpha value is -3.19. The second-order valence-electron chi connectivity index (χ2n) is 6.47. The zero-order valence-electron chi connectivity index (χ0n) is 16.5. The summed E-state index contributed by atoms with van der Waals surface area (Å²) in [5.74, 6) is 0.480. The van der Waals surface area contributed by atoms with E-state index in [1.54, 1.807) is 13.0 Å². The molecule has 148 valence electrons. The number of hydrogen-bond acceptors (Lipinski definition) is 7. The van der Waals surface area contributed by atoms with Crippen molar-refractivity contribution in [2.75, 3.05) is 18.5 Å². The Kier molecular flexibility index (Phi) is 5.31. The second-order valence-corrected chi connectivity index (χ2v) is 7.50. The number of thiazole rings is 1. The van der Waals surface area contributed by atoms with Crippen LogP contribution in [0.2, 0.25) is 0 Å². The van der Waals surface area contributed by atoms with Crippen LogP contribution >= 0.6 is 11.3 Å². The first-order valence-electron chi connectivity index (χ1n) is 9.46. The van der Waals surface area contributed by atoms with Gasteiger partial charge in [-0.3, -0.25) is 4.98 Å². The quantitative estimate of drug-likeness (QED) is 0.427. The highest BCUT2D eigenvalue weighted by Crippen LogP contribution is 2.33. The molecule has 0 spiro atoms. The minimum absolute atomic E-state index is 0.323. The number of nitrogens with one attached hydrogen (secondary N) is 1. The number of anilines is 2. The number of benzene rings is 2. The second kappa shape index (κ2) is 8.05. The minimum Gasteiger partial charge on any atom is -0.494 e. The van der Waals surface area contributed by atoms with Gasteiger partial charge < -0.3 is 14.8 Å². The van der Waals surface area contributed by atoms with Crippen LogP contribution in [0.4, 0.5) is 10.8 Å². The molecule has 0 radical (unpaired) electrons. The molecule has 0 bridgehead atoms. The molecule has 0 aliphatic rings. The van der Waals surface area contributed by atoms with Gasteiger partial charge in [-0.25, -0.2) is 9.78 Å². The number of ether oxygens (including phenoxy) is 2. The van der Waals surface area contributed by atoms with E-state index in [-0.39, 0.29) is 5.97 Å². The maximum absolute atomic E-state index is 12.0. The molecule has 0 atom stereocenters. The number of aromatic nitrogens is 2. The summed E-state index contributed by atoms with van der Waals surface area (Å²) < 4.78 is 11.6. The van der Waals surface area contributed by atoms with Gasteiger partial charge in [-0.05, 0) is 63.2 Å². The summed E-state index contributed by atoms with van der Waals surface area (Å²) in [6.07, 6.45) is 0. The summed E-state index contributed by atoms with van der Waals surface area (Å²) in [7, 11) is 0. The lowest BCUT2D eigenvalue weighted by molar-refractivity contribution is 0.0526. The summed E-state index contributed by atoms with van der Waals surface area (Å²) in [5, 5.41) is 5.13. The van der Waals surface area contributed by atoms with E-state index in [2.05, 4.69) is 15.3 Å². The van der Waals surface area contributed by atoms with E-state index in [0.717, 1.165) is 43.4 Å². The molecule has 0 amide bonds. The first-order chi connectivity index (χ1) is 14.1. The summed E-state index contributed by atoms with van der Waals surface area (Å²) in [6.45, 7) is 6.68. The maximum atomic E-state index is 12.0. The lowest BCUT2D eigenvalue weighted by Crippen LogP contribution is -2.03. The van der Waals surface area contributed by atoms with Crippen LogP contribution in [0.15, 0.2) is 42.5 Å². The molecule has 0 aliphatic heterocycles. The van der Waals surface area contributed by atoms with Crippen LogP contribution in [0.1, 0.15) is 29.9 Å². The molecule has 0 aliphatic carbocycles. The van der Waals surface area contributed by atoms with E-state index in [1.807, 2.05) is 50.2 Å². The number of hydrogen-bond donors (Lipinski definition) is 1. The predicted octanol–water partition coefficient (Wildman–Crippen LogP) is 5.47. The van der Waals surface area contributed by atoms with Crippen molar-refractivity contribution >= 4 is 49.2 Å². The van der Waals surface area contributed by atoms with Crippen LogP contribution in [0, 0.1) is 6.92 Å². The van der Waals surface area contributed by atoms with E-state index >= 15 is 0 Å². The van der Waals surface area contributed by atoms with Crippen LogP contribution in [0.25, 0.3) is 21.1 Å². The smallest absolute Gasteiger partial charge is 0.338 e. The molecule has 4 rings (SSSR count). The van der Waals surface area contributed by atoms with Crippen molar-refractivity contribution < 1.29 is 14.3 Å². The van der Waals surface area contributed by atoms with Crippen molar-refractivity contribution in [3.05, 3.63) is 53.7 Å². The lowest BCUT2D eigenvalue weighted by atomic mass is 10.1. The van der Waals surface area contributed by atoms with Gasteiger partial charge in [-0.2, -0.15) is 0 Å². The van der Waals surface area contributed by atoms with Crippen LogP contribution < -0.4 is 10.1 Å². The van der Waals surface area contributed by atoms with Gasteiger partial charge in [0.15, 0.2) is 5.13 Å². The Morgan fingerprint density at radius 2 is 1.86 bits per heavy atom. The Morgan fingerprint density at radius 3 is 2.66 bits per heavy atom. The van der Waals surface area contributed by atoms with Crippen molar-refractivity contribution in [1.82, 2.24) is 9.97 Å². The van der Waals surface area contributed by atoms with Crippen LogP contribution in [0.5, 0.6) is 5.75 Å². The van der Waals surface area contributed by atoms with Crippen molar-refractivity contribution in [2.24, 2.45) is 0 Å². The maximum Gasteiger partial charge on any atom is 0.338 e. The monoisotopic (exact) mass is 407 g/mol. The standard InChI is InChI=1S/C22H21N3O3S/c1-4-27-15-7-9-17-16(12-15)19(10-13(3)23-17)25-22-24-18-8-6-14(11-20(18)29-22)21(26)28-5-2/h6-12H,4-5H2,1-3H3,(H,23,24,25). The highest BCUT2D eigenvalue weighted by atomic mass is 32.1. The fourth-order valence-electron chi connectivity index (χ4n) is 3.13. The third-order valence-corrected chi connectivity index (χ3v) is 5.29. The Balaban J connectivity index is 1.71. The summed E-state index contributed by atoms with van der Waals surface area (Å²) in [4.78, 5) is 21.2. The fourth-order valence-corrected chi connectivity index (χ4v) is 4.05.